The molecule has 0 saturated carbocycles. The molecule has 3 rings (SSSR count). The number of hydrogen-bond donors (Lipinski definition) is 1. The van der Waals surface area contributed by atoms with E-state index in [0.717, 1.165) is 41.1 Å². The SMILES string of the molecule is CC1CCN(C(=S)Oc2ccc(C(=O)Nc3ccc(I)cc3)cc2)CC1. The zero-order chi connectivity index (χ0) is 18.5. The number of rotatable bonds is 3. The molecule has 0 unspecified atom stereocenters. The van der Waals surface area contributed by atoms with Crippen LogP contribution in [0.1, 0.15) is 30.1 Å². The van der Waals surface area contributed by atoms with Crippen molar-refractivity contribution in [2.24, 2.45) is 5.92 Å². The fraction of sp³-hybridized carbons (Fsp3) is 0.300. The Kier molecular flexibility index (Phi) is 6.48. The first-order chi connectivity index (χ1) is 12.5. The summed E-state index contributed by atoms with van der Waals surface area (Å²) in [4.78, 5) is 14.4. The molecule has 1 fully saturated rings. The summed E-state index contributed by atoms with van der Waals surface area (Å²) in [5, 5.41) is 3.39. The van der Waals surface area contributed by atoms with E-state index in [0.29, 0.717) is 16.5 Å². The number of nitrogens with one attached hydrogen (secondary N) is 1. The van der Waals surface area contributed by atoms with Crippen molar-refractivity contribution < 1.29 is 9.53 Å². The lowest BCUT2D eigenvalue weighted by Gasteiger charge is -2.31. The first kappa shape index (κ1) is 19.1. The number of thiocarbonyl (C=S) groups is 1. The van der Waals surface area contributed by atoms with Crippen molar-refractivity contribution in [2.75, 3.05) is 18.4 Å². The fourth-order valence-corrected chi connectivity index (χ4v) is 3.41. The number of benzene rings is 2. The van der Waals surface area contributed by atoms with Crippen LogP contribution in [-0.4, -0.2) is 29.1 Å². The molecule has 0 aliphatic carbocycles. The number of hydrogen-bond acceptors (Lipinski definition) is 3. The number of nitrogens with zero attached hydrogens (tertiary/aromatic N) is 1. The number of halogens is 1. The van der Waals surface area contributed by atoms with Gasteiger partial charge in [-0.1, -0.05) is 6.92 Å². The molecule has 1 amide bonds. The highest BCUT2D eigenvalue weighted by Crippen LogP contribution is 2.19. The van der Waals surface area contributed by atoms with Gasteiger partial charge in [-0.05, 0) is 102 Å². The van der Waals surface area contributed by atoms with Crippen molar-refractivity contribution in [3.8, 4) is 5.75 Å². The van der Waals surface area contributed by atoms with Crippen LogP contribution in [0, 0.1) is 9.49 Å². The summed E-state index contributed by atoms with van der Waals surface area (Å²) in [6.45, 7) is 4.15. The number of amides is 1. The van der Waals surface area contributed by atoms with Crippen molar-refractivity contribution in [1.29, 1.82) is 0 Å². The van der Waals surface area contributed by atoms with Crippen molar-refractivity contribution >= 4 is 51.6 Å². The van der Waals surface area contributed by atoms with Crippen LogP contribution in [0.2, 0.25) is 0 Å². The minimum atomic E-state index is -0.148. The van der Waals surface area contributed by atoms with Crippen LogP contribution in [-0.2, 0) is 0 Å². The number of piperidine rings is 1. The molecule has 0 bridgehead atoms. The largest absolute Gasteiger partial charge is 0.432 e. The normalized spacial score (nSPS) is 14.8. The Morgan fingerprint density at radius 1 is 1.12 bits per heavy atom. The van der Waals surface area contributed by atoms with Gasteiger partial charge >= 0.3 is 0 Å². The quantitative estimate of drug-likeness (QED) is 0.500. The Hall–Kier alpha value is -1.67. The van der Waals surface area contributed by atoms with Crippen LogP contribution in [0.4, 0.5) is 5.69 Å². The molecular formula is C20H21IN2O2S. The zero-order valence-corrected chi connectivity index (χ0v) is 17.5. The molecule has 2 aromatic rings. The summed E-state index contributed by atoms with van der Waals surface area (Å²) in [6, 6.07) is 14.7. The van der Waals surface area contributed by atoms with E-state index in [9.17, 15) is 4.79 Å². The molecule has 1 saturated heterocycles. The zero-order valence-electron chi connectivity index (χ0n) is 14.6. The summed E-state index contributed by atoms with van der Waals surface area (Å²) < 4.78 is 6.91. The molecule has 1 aliphatic rings. The van der Waals surface area contributed by atoms with Crippen LogP contribution in [0.25, 0.3) is 0 Å². The average molecular weight is 480 g/mol. The molecular weight excluding hydrogens is 459 g/mol. The molecule has 1 N–H and O–H groups in total. The van der Waals surface area contributed by atoms with E-state index in [-0.39, 0.29) is 5.91 Å². The summed E-state index contributed by atoms with van der Waals surface area (Å²) >= 11 is 7.63. The molecule has 4 nitrogen and oxygen atoms in total. The monoisotopic (exact) mass is 480 g/mol. The van der Waals surface area contributed by atoms with E-state index in [1.807, 2.05) is 24.3 Å². The predicted molar refractivity (Wildman–Crippen MR) is 117 cm³/mol. The summed E-state index contributed by atoms with van der Waals surface area (Å²) in [6.07, 6.45) is 2.28. The third kappa shape index (κ3) is 5.17. The number of carbonyl (C=O) groups excluding carboxylic acids is 1. The van der Waals surface area contributed by atoms with Gasteiger partial charge in [-0.2, -0.15) is 0 Å². The van der Waals surface area contributed by atoms with Crippen LogP contribution in [0.5, 0.6) is 5.75 Å². The maximum absolute atomic E-state index is 12.3. The Labute approximate surface area is 173 Å². The van der Waals surface area contributed by atoms with Gasteiger partial charge in [0.05, 0.1) is 0 Å². The third-order valence-corrected chi connectivity index (χ3v) is 5.53. The van der Waals surface area contributed by atoms with Crippen LogP contribution in [0.3, 0.4) is 0 Å². The van der Waals surface area contributed by atoms with Crippen molar-refractivity contribution in [3.63, 3.8) is 0 Å². The van der Waals surface area contributed by atoms with Crippen LogP contribution in [0.15, 0.2) is 48.5 Å². The molecule has 0 aromatic heterocycles. The van der Waals surface area contributed by atoms with Gasteiger partial charge in [-0.15, -0.1) is 0 Å². The van der Waals surface area contributed by atoms with E-state index >= 15 is 0 Å². The van der Waals surface area contributed by atoms with Gasteiger partial charge in [0.1, 0.15) is 5.75 Å². The second-order valence-corrected chi connectivity index (χ2v) is 8.12. The van der Waals surface area contributed by atoms with Gasteiger partial charge in [-0.3, -0.25) is 4.79 Å². The molecule has 26 heavy (non-hydrogen) atoms. The highest BCUT2D eigenvalue weighted by Gasteiger charge is 2.19. The predicted octanol–water partition coefficient (Wildman–Crippen LogP) is 4.94. The topological polar surface area (TPSA) is 41.6 Å². The molecule has 1 heterocycles. The lowest BCUT2D eigenvalue weighted by atomic mass is 10.00. The van der Waals surface area contributed by atoms with Gasteiger partial charge < -0.3 is 15.0 Å². The molecule has 2 aromatic carbocycles. The number of likely N-dealkylation sites (tertiary alicyclic amines) is 1. The van der Waals surface area contributed by atoms with E-state index < -0.39 is 0 Å². The maximum Gasteiger partial charge on any atom is 0.264 e. The Balaban J connectivity index is 1.56. The second-order valence-electron chi connectivity index (χ2n) is 6.52. The summed E-state index contributed by atoms with van der Waals surface area (Å²) in [5.74, 6) is 1.25. The smallest absolute Gasteiger partial charge is 0.264 e. The van der Waals surface area contributed by atoms with Crippen LogP contribution < -0.4 is 10.1 Å². The maximum atomic E-state index is 12.3. The van der Waals surface area contributed by atoms with E-state index in [1.165, 1.54) is 0 Å². The van der Waals surface area contributed by atoms with Gasteiger partial charge in [-0.25, -0.2) is 0 Å². The second kappa shape index (κ2) is 8.81. The Morgan fingerprint density at radius 2 is 1.73 bits per heavy atom. The molecule has 136 valence electrons. The van der Waals surface area contributed by atoms with Crippen molar-refractivity contribution in [3.05, 3.63) is 57.7 Å². The summed E-state index contributed by atoms with van der Waals surface area (Å²) in [7, 11) is 0. The highest BCUT2D eigenvalue weighted by molar-refractivity contribution is 14.1. The molecule has 0 atom stereocenters. The molecule has 0 radical (unpaired) electrons. The highest BCUT2D eigenvalue weighted by atomic mass is 127. The molecule has 6 heteroatoms. The summed E-state index contributed by atoms with van der Waals surface area (Å²) in [5.41, 5.74) is 1.35. The van der Waals surface area contributed by atoms with Gasteiger partial charge in [0.2, 0.25) is 0 Å². The molecule has 0 spiro atoms. The van der Waals surface area contributed by atoms with Gasteiger partial charge in [0, 0.05) is 27.9 Å². The minimum absolute atomic E-state index is 0.148. The van der Waals surface area contributed by atoms with E-state index in [2.05, 4.69) is 39.7 Å². The lowest BCUT2D eigenvalue weighted by molar-refractivity contribution is 0.102. The van der Waals surface area contributed by atoms with Crippen LogP contribution >= 0.6 is 34.8 Å². The van der Waals surface area contributed by atoms with Gasteiger partial charge in [0.25, 0.3) is 11.1 Å². The van der Waals surface area contributed by atoms with Crippen molar-refractivity contribution in [1.82, 2.24) is 4.90 Å². The number of carbonyl (C=O) groups is 1. The first-order valence-electron chi connectivity index (χ1n) is 8.65. The standard InChI is InChI=1S/C20H21IN2O2S/c1-14-10-12-23(13-11-14)20(26)25-18-8-2-15(3-9-18)19(24)22-17-6-4-16(21)5-7-17/h2-9,14H,10-13H2,1H3,(H,22,24). The lowest BCUT2D eigenvalue weighted by Crippen LogP contribution is -2.39. The fourth-order valence-electron chi connectivity index (χ4n) is 2.77. The third-order valence-electron chi connectivity index (χ3n) is 4.47. The average Bonchev–Trinajstić information content (AvgIpc) is 2.64. The van der Waals surface area contributed by atoms with E-state index in [1.54, 1.807) is 24.3 Å². The first-order valence-corrected chi connectivity index (χ1v) is 10.1. The molecule has 1 aliphatic heterocycles. The number of anilines is 1. The number of ether oxygens (including phenoxy) is 1. The van der Waals surface area contributed by atoms with Crippen molar-refractivity contribution in [2.45, 2.75) is 19.8 Å². The Morgan fingerprint density at radius 3 is 2.35 bits per heavy atom. The van der Waals surface area contributed by atoms with E-state index in [4.69, 9.17) is 17.0 Å². The Bertz CT molecular complexity index is 769. The minimum Gasteiger partial charge on any atom is -0.432 e. The van der Waals surface area contributed by atoms with Gasteiger partial charge in [0.15, 0.2) is 0 Å².